The van der Waals surface area contributed by atoms with E-state index in [0.717, 1.165) is 38.8 Å². The highest BCUT2D eigenvalue weighted by Gasteiger charge is 2.19. The Morgan fingerprint density at radius 1 is 1.23 bits per heavy atom. The molecule has 1 aliphatic rings. The zero-order valence-corrected chi connectivity index (χ0v) is 14.9. The number of amides is 1. The van der Waals surface area contributed by atoms with Gasteiger partial charge >= 0.3 is 0 Å². The summed E-state index contributed by atoms with van der Waals surface area (Å²) in [5.41, 5.74) is 0.275. The maximum Gasteiger partial charge on any atom is 0.274 e. The van der Waals surface area contributed by atoms with Crippen LogP contribution in [-0.2, 0) is 6.73 Å². The lowest BCUT2D eigenvalue weighted by Gasteiger charge is -2.18. The highest BCUT2D eigenvalue weighted by molar-refractivity contribution is 6.32. The summed E-state index contributed by atoms with van der Waals surface area (Å²) in [7, 11) is 0. The third-order valence-corrected chi connectivity index (χ3v) is 4.53. The second-order valence-electron chi connectivity index (χ2n) is 6.09. The summed E-state index contributed by atoms with van der Waals surface area (Å²) in [5, 5.41) is 15.1. The first-order valence-electron chi connectivity index (χ1n) is 8.44. The number of carbonyl (C=O) groups is 1. The first-order chi connectivity index (χ1) is 12.5. The maximum absolute atomic E-state index is 12.5. The van der Waals surface area contributed by atoms with Crippen molar-refractivity contribution in [2.75, 3.05) is 13.1 Å². The highest BCUT2D eigenvalue weighted by atomic mass is 35.5. The number of likely N-dealkylation sites (tertiary alicyclic amines) is 1. The lowest BCUT2D eigenvalue weighted by molar-refractivity contribution is -0.384. The van der Waals surface area contributed by atoms with Gasteiger partial charge in [0.2, 0.25) is 0 Å². The van der Waals surface area contributed by atoms with Crippen LogP contribution in [0.2, 0.25) is 5.02 Å². The van der Waals surface area contributed by atoms with Crippen molar-refractivity contribution in [1.82, 2.24) is 14.7 Å². The van der Waals surface area contributed by atoms with E-state index in [1.54, 1.807) is 12.3 Å². The number of hydrogen-bond acceptors (Lipinski definition) is 5. The van der Waals surface area contributed by atoms with Gasteiger partial charge in [-0.1, -0.05) is 24.4 Å². The van der Waals surface area contributed by atoms with Crippen LogP contribution in [0.3, 0.4) is 0 Å². The Balaban J connectivity index is 1.61. The molecule has 0 atom stereocenters. The van der Waals surface area contributed by atoms with Crippen LogP contribution in [0.15, 0.2) is 30.5 Å². The van der Waals surface area contributed by atoms with Crippen molar-refractivity contribution in [3.63, 3.8) is 0 Å². The van der Waals surface area contributed by atoms with E-state index in [-0.39, 0.29) is 23.3 Å². The van der Waals surface area contributed by atoms with Crippen LogP contribution in [0.1, 0.15) is 36.2 Å². The van der Waals surface area contributed by atoms with Crippen molar-refractivity contribution in [2.24, 2.45) is 0 Å². The molecule has 1 saturated heterocycles. The van der Waals surface area contributed by atoms with Gasteiger partial charge in [0.1, 0.15) is 5.75 Å². The molecule has 3 rings (SSSR count). The molecule has 0 radical (unpaired) electrons. The fourth-order valence-corrected chi connectivity index (χ4v) is 3.07. The van der Waals surface area contributed by atoms with E-state index in [1.807, 2.05) is 4.90 Å². The molecule has 0 spiro atoms. The standard InChI is InChI=1S/C17H19ClN4O4/c18-14-11-13(22(24)25)5-6-16(14)26-12-21-10-7-15(19-21)17(23)20-8-3-1-2-4-9-20/h5-7,10-11H,1-4,8-9,12H2. The van der Waals surface area contributed by atoms with Gasteiger partial charge in [-0.05, 0) is 25.0 Å². The summed E-state index contributed by atoms with van der Waals surface area (Å²) in [5.74, 6) is 0.243. The normalized spacial score (nSPS) is 14.7. The molecule has 9 heteroatoms. The molecule has 0 aliphatic carbocycles. The van der Waals surface area contributed by atoms with Crippen molar-refractivity contribution >= 4 is 23.2 Å². The molecule has 2 aromatic rings. The van der Waals surface area contributed by atoms with Gasteiger partial charge in [0.15, 0.2) is 12.4 Å². The quantitative estimate of drug-likeness (QED) is 0.586. The van der Waals surface area contributed by atoms with Gasteiger partial charge in [0, 0.05) is 31.4 Å². The molecule has 0 saturated carbocycles. The number of nitro benzene ring substituents is 1. The van der Waals surface area contributed by atoms with E-state index < -0.39 is 4.92 Å². The predicted molar refractivity (Wildman–Crippen MR) is 95.3 cm³/mol. The number of hydrogen-bond donors (Lipinski definition) is 0. The molecule has 1 amide bonds. The Bertz CT molecular complexity index is 800. The van der Waals surface area contributed by atoms with Crippen LogP contribution in [0.5, 0.6) is 5.75 Å². The molecule has 0 unspecified atom stereocenters. The summed E-state index contributed by atoms with van der Waals surface area (Å²) in [6.07, 6.45) is 6.01. The van der Waals surface area contributed by atoms with Gasteiger partial charge in [-0.25, -0.2) is 4.68 Å². The van der Waals surface area contributed by atoms with Crippen LogP contribution in [0, 0.1) is 10.1 Å². The van der Waals surface area contributed by atoms with Gasteiger partial charge in [0.25, 0.3) is 11.6 Å². The highest BCUT2D eigenvalue weighted by Crippen LogP contribution is 2.28. The van der Waals surface area contributed by atoms with Crippen molar-refractivity contribution < 1.29 is 14.5 Å². The van der Waals surface area contributed by atoms with Gasteiger partial charge < -0.3 is 9.64 Å². The van der Waals surface area contributed by atoms with E-state index >= 15 is 0 Å². The summed E-state index contributed by atoms with van der Waals surface area (Å²) in [6.45, 7) is 1.58. The summed E-state index contributed by atoms with van der Waals surface area (Å²) in [4.78, 5) is 24.6. The molecular weight excluding hydrogens is 360 g/mol. The molecule has 0 N–H and O–H groups in total. The predicted octanol–water partition coefficient (Wildman–Crippen LogP) is 3.50. The molecule has 0 bridgehead atoms. The number of benzene rings is 1. The zero-order valence-electron chi connectivity index (χ0n) is 14.1. The summed E-state index contributed by atoms with van der Waals surface area (Å²) in [6, 6.07) is 5.65. The first-order valence-corrected chi connectivity index (χ1v) is 8.82. The minimum absolute atomic E-state index is 0.0464. The SMILES string of the molecule is O=C(c1ccn(COc2ccc([N+](=O)[O-])cc2Cl)n1)N1CCCCCC1. The lowest BCUT2D eigenvalue weighted by Crippen LogP contribution is -2.32. The van der Waals surface area contributed by atoms with Crippen molar-refractivity contribution in [2.45, 2.75) is 32.4 Å². The number of ether oxygens (including phenoxy) is 1. The van der Waals surface area contributed by atoms with E-state index in [2.05, 4.69) is 5.10 Å². The average molecular weight is 379 g/mol. The molecule has 1 aromatic carbocycles. The molecule has 1 fully saturated rings. The third kappa shape index (κ3) is 4.32. The Kier molecular flexibility index (Phi) is 5.72. The molecule has 2 heterocycles. The van der Waals surface area contributed by atoms with Gasteiger partial charge in [-0.3, -0.25) is 14.9 Å². The van der Waals surface area contributed by atoms with Crippen molar-refractivity contribution in [3.8, 4) is 5.75 Å². The van der Waals surface area contributed by atoms with Gasteiger partial charge in [0.05, 0.1) is 9.95 Å². The van der Waals surface area contributed by atoms with Crippen LogP contribution in [0.4, 0.5) is 5.69 Å². The topological polar surface area (TPSA) is 90.5 Å². The Labute approximate surface area is 155 Å². The minimum atomic E-state index is -0.524. The number of non-ortho nitro benzene ring substituents is 1. The first kappa shape index (κ1) is 18.2. The molecule has 8 nitrogen and oxygen atoms in total. The van der Waals surface area contributed by atoms with Crippen molar-refractivity contribution in [3.05, 3.63) is 51.3 Å². The largest absolute Gasteiger partial charge is 0.470 e. The molecular formula is C17H19ClN4O4. The molecule has 1 aliphatic heterocycles. The van der Waals surface area contributed by atoms with Gasteiger partial charge in [-0.2, -0.15) is 5.10 Å². The van der Waals surface area contributed by atoms with Crippen molar-refractivity contribution in [1.29, 1.82) is 0 Å². The second-order valence-corrected chi connectivity index (χ2v) is 6.50. The van der Waals surface area contributed by atoms with Crippen LogP contribution < -0.4 is 4.74 Å². The third-order valence-electron chi connectivity index (χ3n) is 4.23. The fraction of sp³-hybridized carbons (Fsp3) is 0.412. The number of rotatable bonds is 5. The fourth-order valence-electron chi connectivity index (χ4n) is 2.84. The number of aromatic nitrogens is 2. The smallest absolute Gasteiger partial charge is 0.274 e. The molecule has 138 valence electrons. The molecule has 26 heavy (non-hydrogen) atoms. The Morgan fingerprint density at radius 2 is 1.96 bits per heavy atom. The minimum Gasteiger partial charge on any atom is -0.470 e. The Morgan fingerprint density at radius 3 is 2.62 bits per heavy atom. The van der Waals surface area contributed by atoms with Crippen LogP contribution in [-0.4, -0.2) is 38.6 Å². The summed E-state index contributed by atoms with van der Waals surface area (Å²) >= 11 is 5.99. The number of nitrogens with zero attached hydrogens (tertiary/aromatic N) is 4. The maximum atomic E-state index is 12.5. The number of carbonyl (C=O) groups excluding carboxylic acids is 1. The molecule has 1 aromatic heterocycles. The summed E-state index contributed by atoms with van der Waals surface area (Å²) < 4.78 is 7.03. The monoisotopic (exact) mass is 378 g/mol. The second kappa shape index (κ2) is 8.18. The van der Waals surface area contributed by atoms with E-state index in [4.69, 9.17) is 16.3 Å². The Hall–Kier alpha value is -2.61. The van der Waals surface area contributed by atoms with Crippen LogP contribution >= 0.6 is 11.6 Å². The lowest BCUT2D eigenvalue weighted by atomic mass is 10.2. The van der Waals surface area contributed by atoms with E-state index in [9.17, 15) is 14.9 Å². The zero-order chi connectivity index (χ0) is 18.5. The average Bonchev–Trinajstić information content (AvgIpc) is 2.93. The number of nitro groups is 1. The van der Waals surface area contributed by atoms with E-state index in [0.29, 0.717) is 11.4 Å². The van der Waals surface area contributed by atoms with Crippen LogP contribution in [0.25, 0.3) is 0 Å². The number of halogens is 1. The van der Waals surface area contributed by atoms with E-state index in [1.165, 1.54) is 22.9 Å². The van der Waals surface area contributed by atoms with Gasteiger partial charge in [-0.15, -0.1) is 0 Å².